The first-order valence-electron chi connectivity index (χ1n) is 10.0. The van der Waals surface area contributed by atoms with Crippen molar-refractivity contribution in [2.24, 2.45) is 0 Å². The maximum Gasteiger partial charge on any atom is 0.292 e. The van der Waals surface area contributed by atoms with Gasteiger partial charge in [-0.1, -0.05) is 18.2 Å². The quantitative estimate of drug-likeness (QED) is 0.578. The molecule has 3 heterocycles. The van der Waals surface area contributed by atoms with Crippen LogP contribution in [0.4, 0.5) is 0 Å². The summed E-state index contributed by atoms with van der Waals surface area (Å²) in [6.45, 7) is 3.34. The van der Waals surface area contributed by atoms with Crippen LogP contribution in [0.1, 0.15) is 23.2 Å². The van der Waals surface area contributed by atoms with E-state index >= 15 is 0 Å². The molecule has 2 aliphatic heterocycles. The molecule has 2 amide bonds. The van der Waals surface area contributed by atoms with Crippen LogP contribution in [0.25, 0.3) is 10.9 Å². The molecular formula is C21H25N3O5. The normalized spacial score (nSPS) is 19.4. The Labute approximate surface area is 168 Å². The largest absolute Gasteiger partial charge is 0.378 e. The summed E-state index contributed by atoms with van der Waals surface area (Å²) in [4.78, 5) is 39.6. The second-order valence-corrected chi connectivity index (χ2v) is 7.36. The number of ketones is 1. The van der Waals surface area contributed by atoms with Crippen molar-refractivity contribution in [2.75, 3.05) is 39.5 Å². The number of morpholine rings is 1. The summed E-state index contributed by atoms with van der Waals surface area (Å²) in [5.41, 5.74) is 1.06. The summed E-state index contributed by atoms with van der Waals surface area (Å²) in [6, 6.07) is 7.32. The number of benzene rings is 1. The van der Waals surface area contributed by atoms with Crippen LogP contribution in [0, 0.1) is 0 Å². The van der Waals surface area contributed by atoms with Gasteiger partial charge in [-0.05, 0) is 18.9 Å². The predicted octanol–water partition coefficient (Wildman–Crippen LogP) is 0.978. The first-order valence-corrected chi connectivity index (χ1v) is 10.0. The van der Waals surface area contributed by atoms with Crippen LogP contribution in [0.2, 0.25) is 0 Å². The van der Waals surface area contributed by atoms with Crippen LogP contribution in [0.15, 0.2) is 30.5 Å². The Morgan fingerprint density at radius 1 is 1.10 bits per heavy atom. The van der Waals surface area contributed by atoms with Crippen molar-refractivity contribution >= 4 is 28.5 Å². The number of nitrogens with one attached hydrogen (secondary N) is 1. The highest BCUT2D eigenvalue weighted by atomic mass is 16.5. The number of carbonyl (C=O) groups excluding carboxylic acids is 3. The molecule has 2 aliphatic rings. The standard InChI is InChI=1S/C21H25N3O5/c25-19(23-7-10-28-11-8-23)14-24-13-17(16-5-1-2-6-18(16)24)20(26)21(27)22-12-15-4-3-9-29-15/h1-2,5-6,13,15H,3-4,7-12,14H2,(H,22,27)/t15-/m1/s1. The summed E-state index contributed by atoms with van der Waals surface area (Å²) in [5, 5.41) is 3.34. The van der Waals surface area contributed by atoms with Gasteiger partial charge in [-0.15, -0.1) is 0 Å². The van der Waals surface area contributed by atoms with Crippen molar-refractivity contribution in [1.82, 2.24) is 14.8 Å². The molecule has 8 nitrogen and oxygen atoms in total. The number of nitrogens with zero attached hydrogens (tertiary/aromatic N) is 2. The molecule has 1 atom stereocenters. The molecule has 1 aromatic carbocycles. The Kier molecular flexibility index (Phi) is 5.92. The molecule has 1 N–H and O–H groups in total. The van der Waals surface area contributed by atoms with E-state index in [1.165, 1.54) is 0 Å². The third kappa shape index (κ3) is 4.33. The van der Waals surface area contributed by atoms with Gasteiger partial charge in [0.1, 0.15) is 6.54 Å². The van der Waals surface area contributed by atoms with E-state index in [0.717, 1.165) is 18.4 Å². The second-order valence-electron chi connectivity index (χ2n) is 7.36. The van der Waals surface area contributed by atoms with E-state index in [4.69, 9.17) is 9.47 Å². The van der Waals surface area contributed by atoms with Crippen LogP contribution in [0.3, 0.4) is 0 Å². The van der Waals surface area contributed by atoms with Gasteiger partial charge in [-0.25, -0.2) is 0 Å². The van der Waals surface area contributed by atoms with E-state index < -0.39 is 11.7 Å². The summed E-state index contributed by atoms with van der Waals surface area (Å²) in [6.07, 6.45) is 3.44. The van der Waals surface area contributed by atoms with Gasteiger partial charge in [0, 0.05) is 43.3 Å². The number of fused-ring (bicyclic) bond motifs is 1. The molecule has 0 spiro atoms. The molecule has 1 aromatic heterocycles. The van der Waals surface area contributed by atoms with Crippen molar-refractivity contribution in [1.29, 1.82) is 0 Å². The molecule has 0 saturated carbocycles. The zero-order valence-electron chi connectivity index (χ0n) is 16.3. The van der Waals surface area contributed by atoms with Gasteiger partial charge < -0.3 is 24.3 Å². The van der Waals surface area contributed by atoms with Crippen molar-refractivity contribution in [3.63, 3.8) is 0 Å². The Hall–Kier alpha value is -2.71. The monoisotopic (exact) mass is 399 g/mol. The maximum absolute atomic E-state index is 12.8. The van der Waals surface area contributed by atoms with Gasteiger partial charge in [-0.3, -0.25) is 14.4 Å². The first kappa shape index (κ1) is 19.6. The molecular weight excluding hydrogens is 374 g/mol. The Morgan fingerprint density at radius 2 is 1.90 bits per heavy atom. The molecule has 0 aliphatic carbocycles. The highest BCUT2D eigenvalue weighted by Crippen LogP contribution is 2.22. The minimum absolute atomic E-state index is 0.0285. The Bertz CT molecular complexity index is 910. The number of ether oxygens (including phenoxy) is 2. The molecule has 154 valence electrons. The summed E-state index contributed by atoms with van der Waals surface area (Å²) in [7, 11) is 0. The molecule has 0 bridgehead atoms. The SMILES string of the molecule is O=C(NC[C@H]1CCCO1)C(=O)c1cn(CC(=O)N2CCOCC2)c2ccccc12. The minimum atomic E-state index is -0.650. The van der Waals surface area contributed by atoms with Gasteiger partial charge in [0.25, 0.3) is 11.7 Å². The van der Waals surface area contributed by atoms with Gasteiger partial charge in [-0.2, -0.15) is 0 Å². The number of aromatic nitrogens is 1. The third-order valence-corrected chi connectivity index (χ3v) is 5.42. The number of para-hydroxylation sites is 1. The molecule has 0 unspecified atom stereocenters. The second kappa shape index (κ2) is 8.75. The van der Waals surface area contributed by atoms with E-state index in [9.17, 15) is 14.4 Å². The lowest BCUT2D eigenvalue weighted by molar-refractivity contribution is -0.135. The average molecular weight is 399 g/mol. The lowest BCUT2D eigenvalue weighted by Gasteiger charge is -2.27. The number of hydrogen-bond acceptors (Lipinski definition) is 5. The summed E-state index contributed by atoms with van der Waals surface area (Å²) in [5.74, 6) is -1.28. The van der Waals surface area contributed by atoms with E-state index in [1.54, 1.807) is 21.7 Å². The number of Topliss-reactive ketones (excluding diaryl/α,β-unsaturated/α-hetero) is 1. The minimum Gasteiger partial charge on any atom is -0.378 e. The smallest absolute Gasteiger partial charge is 0.292 e. The van der Waals surface area contributed by atoms with Gasteiger partial charge >= 0.3 is 0 Å². The predicted molar refractivity (Wildman–Crippen MR) is 106 cm³/mol. The van der Waals surface area contributed by atoms with Crippen molar-refractivity contribution in [3.8, 4) is 0 Å². The van der Waals surface area contributed by atoms with E-state index in [2.05, 4.69) is 5.32 Å². The summed E-state index contributed by atoms with van der Waals surface area (Å²) >= 11 is 0. The fraction of sp³-hybridized carbons (Fsp3) is 0.476. The molecule has 8 heteroatoms. The molecule has 2 aromatic rings. The van der Waals surface area contributed by atoms with E-state index in [-0.39, 0.29) is 18.6 Å². The first-order chi connectivity index (χ1) is 14.1. The van der Waals surface area contributed by atoms with Crippen LogP contribution in [0.5, 0.6) is 0 Å². The van der Waals surface area contributed by atoms with Crippen LogP contribution in [-0.4, -0.2) is 72.6 Å². The number of hydrogen-bond donors (Lipinski definition) is 1. The molecule has 2 fully saturated rings. The van der Waals surface area contributed by atoms with Crippen LogP contribution in [-0.2, 0) is 25.6 Å². The number of amides is 2. The number of carbonyl (C=O) groups is 3. The van der Waals surface area contributed by atoms with Crippen molar-refractivity contribution < 1.29 is 23.9 Å². The van der Waals surface area contributed by atoms with Crippen LogP contribution >= 0.6 is 0 Å². The fourth-order valence-electron chi connectivity index (χ4n) is 3.83. The molecule has 0 radical (unpaired) electrons. The van der Waals surface area contributed by atoms with Gasteiger partial charge in [0.2, 0.25) is 5.91 Å². The lowest BCUT2D eigenvalue weighted by Crippen LogP contribution is -2.42. The maximum atomic E-state index is 12.8. The van der Waals surface area contributed by atoms with E-state index in [0.29, 0.717) is 50.4 Å². The van der Waals surface area contributed by atoms with Crippen molar-refractivity contribution in [2.45, 2.75) is 25.5 Å². The Morgan fingerprint density at radius 3 is 2.66 bits per heavy atom. The number of rotatable bonds is 6. The molecule has 2 saturated heterocycles. The van der Waals surface area contributed by atoms with Crippen molar-refractivity contribution in [3.05, 3.63) is 36.0 Å². The lowest BCUT2D eigenvalue weighted by atomic mass is 10.1. The zero-order valence-corrected chi connectivity index (χ0v) is 16.3. The highest BCUT2D eigenvalue weighted by Gasteiger charge is 2.25. The highest BCUT2D eigenvalue weighted by molar-refractivity contribution is 6.45. The Balaban J connectivity index is 1.51. The topological polar surface area (TPSA) is 89.9 Å². The summed E-state index contributed by atoms with van der Waals surface area (Å²) < 4.78 is 12.5. The van der Waals surface area contributed by atoms with Gasteiger partial charge in [0.05, 0.1) is 24.9 Å². The van der Waals surface area contributed by atoms with Crippen LogP contribution < -0.4 is 5.32 Å². The third-order valence-electron chi connectivity index (χ3n) is 5.42. The van der Waals surface area contributed by atoms with E-state index in [1.807, 2.05) is 18.2 Å². The zero-order chi connectivity index (χ0) is 20.2. The van der Waals surface area contributed by atoms with Gasteiger partial charge in [0.15, 0.2) is 0 Å². The average Bonchev–Trinajstić information content (AvgIpc) is 3.40. The molecule has 4 rings (SSSR count). The molecule has 29 heavy (non-hydrogen) atoms. The fourth-order valence-corrected chi connectivity index (χ4v) is 3.83.